The van der Waals surface area contributed by atoms with Crippen molar-refractivity contribution in [1.29, 1.82) is 0 Å². The molecule has 3 heteroatoms. The number of nitrogens with two attached hydrogens (primary N) is 1. The fourth-order valence-corrected chi connectivity index (χ4v) is 2.78. The maximum absolute atomic E-state index is 6.20. The third kappa shape index (κ3) is 3.21. The van der Waals surface area contributed by atoms with E-state index in [0.717, 1.165) is 36.5 Å². The van der Waals surface area contributed by atoms with Crippen molar-refractivity contribution in [1.82, 2.24) is 0 Å². The predicted octanol–water partition coefficient (Wildman–Crippen LogP) is 3.55. The molecule has 0 spiro atoms. The van der Waals surface area contributed by atoms with Gasteiger partial charge in [0, 0.05) is 17.7 Å². The second kappa shape index (κ2) is 5.85. The van der Waals surface area contributed by atoms with E-state index in [4.69, 9.17) is 22.1 Å². The van der Waals surface area contributed by atoms with Crippen LogP contribution in [0.3, 0.4) is 0 Å². The highest BCUT2D eigenvalue weighted by atomic mass is 35.5. The summed E-state index contributed by atoms with van der Waals surface area (Å²) < 4.78 is 5.55. The van der Waals surface area contributed by atoms with E-state index in [9.17, 15) is 0 Å². The Labute approximate surface area is 108 Å². The number of hydrogen-bond donors (Lipinski definition) is 1. The molecule has 1 saturated carbocycles. The van der Waals surface area contributed by atoms with Gasteiger partial charge in [0.15, 0.2) is 0 Å². The zero-order valence-corrected chi connectivity index (χ0v) is 11.0. The average Bonchev–Trinajstić information content (AvgIpc) is 2.26. The van der Waals surface area contributed by atoms with Crippen LogP contribution in [0.2, 0.25) is 5.02 Å². The minimum absolute atomic E-state index is 0.0521. The highest BCUT2D eigenvalue weighted by Crippen LogP contribution is 2.37. The molecule has 1 unspecified atom stereocenters. The van der Waals surface area contributed by atoms with Crippen molar-refractivity contribution in [2.24, 2.45) is 11.7 Å². The summed E-state index contributed by atoms with van der Waals surface area (Å²) in [6.07, 6.45) is 3.76. The quantitative estimate of drug-likeness (QED) is 0.871. The molecule has 1 aliphatic carbocycles. The van der Waals surface area contributed by atoms with Crippen LogP contribution in [0, 0.1) is 5.92 Å². The Kier molecular flexibility index (Phi) is 4.43. The Morgan fingerprint density at radius 2 is 2.12 bits per heavy atom. The summed E-state index contributed by atoms with van der Waals surface area (Å²) in [6.45, 7) is 2.86. The molecule has 1 aliphatic rings. The molecule has 0 heterocycles. The Bertz CT molecular complexity index is 363. The standard InChI is InChI=1S/C14H20ClNO/c1-2-17-11-7-10(8-11)9-14(16)12-5-3-4-6-13(12)15/h3-6,10-11,14H,2,7-9,16H2,1H3. The van der Waals surface area contributed by atoms with Crippen molar-refractivity contribution >= 4 is 11.6 Å². The highest BCUT2D eigenvalue weighted by Gasteiger charge is 2.31. The molecule has 17 heavy (non-hydrogen) atoms. The molecule has 0 bridgehead atoms. The Morgan fingerprint density at radius 3 is 2.76 bits per heavy atom. The van der Waals surface area contributed by atoms with E-state index in [1.807, 2.05) is 31.2 Å². The van der Waals surface area contributed by atoms with Crippen LogP contribution in [0.1, 0.15) is 37.8 Å². The molecule has 0 amide bonds. The van der Waals surface area contributed by atoms with Crippen molar-refractivity contribution in [2.75, 3.05) is 6.61 Å². The van der Waals surface area contributed by atoms with Crippen molar-refractivity contribution in [3.05, 3.63) is 34.9 Å². The van der Waals surface area contributed by atoms with Gasteiger partial charge < -0.3 is 10.5 Å². The molecule has 0 aliphatic heterocycles. The zero-order valence-electron chi connectivity index (χ0n) is 10.2. The molecule has 1 fully saturated rings. The lowest BCUT2D eigenvalue weighted by molar-refractivity contribution is -0.0282. The Hall–Kier alpha value is -0.570. The van der Waals surface area contributed by atoms with Crippen LogP contribution in [-0.4, -0.2) is 12.7 Å². The Balaban J connectivity index is 1.83. The van der Waals surface area contributed by atoms with Gasteiger partial charge in [0.25, 0.3) is 0 Å². The highest BCUT2D eigenvalue weighted by molar-refractivity contribution is 6.31. The SMILES string of the molecule is CCOC1CC(CC(N)c2ccccc2Cl)C1. The van der Waals surface area contributed by atoms with E-state index in [1.54, 1.807) is 0 Å². The number of rotatable bonds is 5. The normalized spacial score (nSPS) is 25.4. The molecule has 2 nitrogen and oxygen atoms in total. The van der Waals surface area contributed by atoms with Crippen LogP contribution in [0.25, 0.3) is 0 Å². The third-order valence-corrected chi connectivity index (χ3v) is 3.83. The average molecular weight is 254 g/mol. The van der Waals surface area contributed by atoms with Crippen LogP contribution < -0.4 is 5.73 Å². The summed E-state index contributed by atoms with van der Waals surface area (Å²) in [5.74, 6) is 0.692. The molecule has 0 radical (unpaired) electrons. The number of hydrogen-bond acceptors (Lipinski definition) is 2. The van der Waals surface area contributed by atoms with Gasteiger partial charge in [-0.05, 0) is 43.7 Å². The minimum atomic E-state index is 0.0521. The summed E-state index contributed by atoms with van der Waals surface area (Å²) in [6, 6.07) is 7.90. The molecule has 0 saturated heterocycles. The van der Waals surface area contributed by atoms with Gasteiger partial charge in [-0.1, -0.05) is 29.8 Å². The predicted molar refractivity (Wildman–Crippen MR) is 71.1 cm³/mol. The van der Waals surface area contributed by atoms with Crippen molar-refractivity contribution in [3.63, 3.8) is 0 Å². The number of benzene rings is 1. The van der Waals surface area contributed by atoms with Crippen LogP contribution in [0.4, 0.5) is 0 Å². The van der Waals surface area contributed by atoms with Crippen molar-refractivity contribution < 1.29 is 4.74 Å². The summed E-state index contributed by atoms with van der Waals surface area (Å²) in [5, 5.41) is 0.778. The second-order valence-electron chi connectivity index (χ2n) is 4.78. The fourth-order valence-electron chi connectivity index (χ4n) is 2.50. The Morgan fingerprint density at radius 1 is 1.41 bits per heavy atom. The van der Waals surface area contributed by atoms with Crippen molar-refractivity contribution in [2.45, 2.75) is 38.3 Å². The van der Waals surface area contributed by atoms with Gasteiger partial charge in [0.1, 0.15) is 0 Å². The zero-order chi connectivity index (χ0) is 12.3. The van der Waals surface area contributed by atoms with Gasteiger partial charge in [0.2, 0.25) is 0 Å². The largest absolute Gasteiger partial charge is 0.378 e. The lowest BCUT2D eigenvalue weighted by atomic mass is 9.77. The number of halogens is 1. The van der Waals surface area contributed by atoms with E-state index in [2.05, 4.69) is 0 Å². The lowest BCUT2D eigenvalue weighted by Gasteiger charge is -2.36. The first-order valence-electron chi connectivity index (χ1n) is 6.32. The van der Waals surface area contributed by atoms with E-state index < -0.39 is 0 Å². The van der Waals surface area contributed by atoms with Gasteiger partial charge in [0.05, 0.1) is 6.10 Å². The topological polar surface area (TPSA) is 35.2 Å². The number of ether oxygens (including phenoxy) is 1. The molecule has 94 valence electrons. The summed E-state index contributed by atoms with van der Waals surface area (Å²) >= 11 is 6.14. The maximum Gasteiger partial charge on any atom is 0.0580 e. The second-order valence-corrected chi connectivity index (χ2v) is 5.19. The molecule has 2 N–H and O–H groups in total. The molecular formula is C14H20ClNO. The van der Waals surface area contributed by atoms with Gasteiger partial charge in [-0.25, -0.2) is 0 Å². The van der Waals surface area contributed by atoms with E-state index in [-0.39, 0.29) is 6.04 Å². The molecule has 1 atom stereocenters. The first-order valence-corrected chi connectivity index (χ1v) is 6.70. The summed E-state index contributed by atoms with van der Waals surface area (Å²) in [4.78, 5) is 0. The van der Waals surface area contributed by atoms with Crippen LogP contribution in [0.15, 0.2) is 24.3 Å². The minimum Gasteiger partial charge on any atom is -0.378 e. The third-order valence-electron chi connectivity index (χ3n) is 3.49. The lowest BCUT2D eigenvalue weighted by Crippen LogP contribution is -2.33. The molecule has 2 rings (SSSR count). The molecular weight excluding hydrogens is 234 g/mol. The summed E-state index contributed by atoms with van der Waals surface area (Å²) in [5.41, 5.74) is 7.26. The monoisotopic (exact) mass is 253 g/mol. The van der Waals surface area contributed by atoms with Crippen LogP contribution in [0.5, 0.6) is 0 Å². The molecule has 1 aromatic rings. The maximum atomic E-state index is 6.20. The first kappa shape index (κ1) is 12.9. The van der Waals surface area contributed by atoms with Crippen molar-refractivity contribution in [3.8, 4) is 0 Å². The van der Waals surface area contributed by atoms with E-state index in [1.165, 1.54) is 0 Å². The van der Waals surface area contributed by atoms with Gasteiger partial charge >= 0.3 is 0 Å². The smallest absolute Gasteiger partial charge is 0.0580 e. The van der Waals surface area contributed by atoms with Gasteiger partial charge in [-0.15, -0.1) is 0 Å². The molecule has 1 aromatic carbocycles. The van der Waals surface area contributed by atoms with E-state index >= 15 is 0 Å². The van der Waals surface area contributed by atoms with Crippen LogP contribution >= 0.6 is 11.6 Å². The molecule has 0 aromatic heterocycles. The van der Waals surface area contributed by atoms with Gasteiger partial charge in [-0.3, -0.25) is 0 Å². The van der Waals surface area contributed by atoms with Gasteiger partial charge in [-0.2, -0.15) is 0 Å². The van der Waals surface area contributed by atoms with E-state index in [0.29, 0.717) is 12.0 Å². The first-order chi connectivity index (χ1) is 8.20. The fraction of sp³-hybridized carbons (Fsp3) is 0.571. The van der Waals surface area contributed by atoms with Crippen LogP contribution in [-0.2, 0) is 4.74 Å². The summed E-state index contributed by atoms with van der Waals surface area (Å²) in [7, 11) is 0.